The van der Waals surface area contributed by atoms with E-state index >= 15 is 0 Å². The van der Waals surface area contributed by atoms with Crippen LogP contribution in [0.25, 0.3) is 33.8 Å². The number of anilines is 2. The predicted octanol–water partition coefficient (Wildman–Crippen LogP) is 7.84. The van der Waals surface area contributed by atoms with Crippen LogP contribution >= 0.6 is 0 Å². The molecule has 0 radical (unpaired) electrons. The van der Waals surface area contributed by atoms with Gasteiger partial charge >= 0.3 is 5.97 Å². The molecule has 11 heteroatoms. The quantitative estimate of drug-likeness (QED) is 0.115. The highest BCUT2D eigenvalue weighted by atomic mass is 19.1. The summed E-state index contributed by atoms with van der Waals surface area (Å²) in [4.78, 5) is 19.5. The zero-order chi connectivity index (χ0) is 35.6. The molecule has 4 N–H and O–H groups in total. The molecule has 4 heterocycles. The molecule has 260 valence electrons. The number of nitrogens with zero attached hydrogens (tertiary/aromatic N) is 4. The van der Waals surface area contributed by atoms with Crippen LogP contribution in [0.4, 0.5) is 15.8 Å². The molecule has 1 aliphatic rings. The Bertz CT molecular complexity index is 2200. The summed E-state index contributed by atoms with van der Waals surface area (Å²) in [5.74, 6) is -0.207. The standard InChI is InChI=1S/C18H18FN3O.C15H15N3O.C7H6O2/c19-8-10-23-16-5-1-13(2-6-16)17-12-22-9-7-15(11-18(22)21-17)20-14-3-4-14;1-16-13-5-6-18-9-14(17-15(18)8-13)12-4-2-3-11(7-12)10-19;8-7(9)6-4-2-1-3-5-6/h1-2,5-7,9,11-12,14,20H,3-4,8,10H2;2-9,16,19H,10H2,1H3;1-5H,(H,8,9). The van der Waals surface area contributed by atoms with E-state index in [1.807, 2.05) is 101 Å². The number of ether oxygens (including phenoxy) is 1. The molecule has 0 bridgehead atoms. The fraction of sp³-hybridized carbons (Fsp3) is 0.175. The van der Waals surface area contributed by atoms with Crippen molar-refractivity contribution >= 4 is 28.6 Å². The molecule has 0 amide bonds. The van der Waals surface area contributed by atoms with E-state index in [1.54, 1.807) is 30.3 Å². The maximum Gasteiger partial charge on any atom is 0.335 e. The molecule has 1 aliphatic carbocycles. The van der Waals surface area contributed by atoms with E-state index in [0.717, 1.165) is 50.7 Å². The molecule has 8 rings (SSSR count). The van der Waals surface area contributed by atoms with Gasteiger partial charge in [0.25, 0.3) is 0 Å². The third-order valence-corrected chi connectivity index (χ3v) is 8.08. The minimum absolute atomic E-state index is 0.0467. The van der Waals surface area contributed by atoms with E-state index in [4.69, 9.17) is 9.84 Å². The molecule has 1 fully saturated rings. The number of carbonyl (C=O) groups is 1. The second-order valence-electron chi connectivity index (χ2n) is 11.9. The lowest BCUT2D eigenvalue weighted by Crippen LogP contribution is -2.00. The van der Waals surface area contributed by atoms with Crippen LogP contribution in [-0.2, 0) is 6.61 Å². The van der Waals surface area contributed by atoms with E-state index in [0.29, 0.717) is 17.4 Å². The number of alkyl halides is 1. The summed E-state index contributed by atoms with van der Waals surface area (Å²) >= 11 is 0. The summed E-state index contributed by atoms with van der Waals surface area (Å²) in [5, 5.41) is 24.2. The lowest BCUT2D eigenvalue weighted by atomic mass is 10.1. The Labute approximate surface area is 294 Å². The number of pyridine rings is 2. The van der Waals surface area contributed by atoms with E-state index in [9.17, 15) is 14.3 Å². The first-order chi connectivity index (χ1) is 24.9. The third-order valence-electron chi connectivity index (χ3n) is 8.08. The number of rotatable bonds is 10. The van der Waals surface area contributed by atoms with Crippen LogP contribution in [-0.4, -0.2) is 61.3 Å². The second-order valence-corrected chi connectivity index (χ2v) is 11.9. The van der Waals surface area contributed by atoms with Crippen molar-refractivity contribution in [1.82, 2.24) is 18.8 Å². The van der Waals surface area contributed by atoms with Crippen molar-refractivity contribution in [2.24, 2.45) is 0 Å². The molecule has 7 aromatic rings. The van der Waals surface area contributed by atoms with Gasteiger partial charge < -0.3 is 34.4 Å². The van der Waals surface area contributed by atoms with Gasteiger partial charge in [0.2, 0.25) is 0 Å². The van der Waals surface area contributed by atoms with Crippen molar-refractivity contribution in [3.63, 3.8) is 0 Å². The Morgan fingerprint density at radius 1 is 0.824 bits per heavy atom. The molecule has 0 aliphatic heterocycles. The molecule has 0 spiro atoms. The number of benzene rings is 3. The molecule has 1 saturated carbocycles. The number of carboxylic acid groups (broad SMARTS) is 1. The van der Waals surface area contributed by atoms with Gasteiger partial charge in [-0.05, 0) is 73.0 Å². The number of hydrogen-bond acceptors (Lipinski definition) is 7. The van der Waals surface area contributed by atoms with E-state index in [2.05, 4.69) is 32.7 Å². The van der Waals surface area contributed by atoms with Gasteiger partial charge in [-0.15, -0.1) is 0 Å². The second kappa shape index (κ2) is 16.5. The van der Waals surface area contributed by atoms with E-state index < -0.39 is 12.6 Å². The first-order valence-corrected chi connectivity index (χ1v) is 16.6. The fourth-order valence-corrected chi connectivity index (χ4v) is 5.24. The molecule has 51 heavy (non-hydrogen) atoms. The Balaban J connectivity index is 0.000000144. The molecule has 0 atom stereocenters. The molecular formula is C40H39FN6O4. The first kappa shape index (κ1) is 34.7. The van der Waals surface area contributed by atoms with Gasteiger partial charge in [0.05, 0.1) is 23.6 Å². The number of halogens is 1. The highest BCUT2D eigenvalue weighted by Gasteiger charge is 2.20. The molecular weight excluding hydrogens is 647 g/mol. The van der Waals surface area contributed by atoms with Crippen LogP contribution < -0.4 is 15.4 Å². The van der Waals surface area contributed by atoms with Gasteiger partial charge in [-0.25, -0.2) is 19.2 Å². The van der Waals surface area contributed by atoms with Crippen molar-refractivity contribution in [2.45, 2.75) is 25.5 Å². The topological polar surface area (TPSA) is 125 Å². The zero-order valence-electron chi connectivity index (χ0n) is 28.1. The van der Waals surface area contributed by atoms with Gasteiger partial charge in [-0.3, -0.25) is 0 Å². The van der Waals surface area contributed by atoms with Crippen LogP contribution in [0.1, 0.15) is 28.8 Å². The summed E-state index contributed by atoms with van der Waals surface area (Å²) in [6.45, 7) is -0.346. The number of carboxylic acids is 1. The summed E-state index contributed by atoms with van der Waals surface area (Å²) in [7, 11) is 1.89. The van der Waals surface area contributed by atoms with Gasteiger partial charge in [-0.1, -0.05) is 36.4 Å². The van der Waals surface area contributed by atoms with Crippen LogP contribution in [0.3, 0.4) is 0 Å². The Morgan fingerprint density at radius 2 is 1.47 bits per heavy atom. The van der Waals surface area contributed by atoms with Crippen LogP contribution in [0, 0.1) is 0 Å². The van der Waals surface area contributed by atoms with Gasteiger partial charge in [-0.2, -0.15) is 0 Å². The number of aliphatic hydroxyl groups is 1. The number of hydrogen-bond donors (Lipinski definition) is 4. The van der Waals surface area contributed by atoms with Gasteiger partial charge in [0.1, 0.15) is 30.3 Å². The average Bonchev–Trinajstić information content (AvgIpc) is 3.72. The van der Waals surface area contributed by atoms with Gasteiger partial charge in [0.15, 0.2) is 0 Å². The molecule has 0 unspecified atom stereocenters. The maximum atomic E-state index is 12.1. The minimum Gasteiger partial charge on any atom is -0.491 e. The summed E-state index contributed by atoms with van der Waals surface area (Å²) in [6.07, 6.45) is 10.5. The summed E-state index contributed by atoms with van der Waals surface area (Å²) < 4.78 is 21.4. The average molecular weight is 687 g/mol. The largest absolute Gasteiger partial charge is 0.491 e. The van der Waals surface area contributed by atoms with Crippen molar-refractivity contribution in [2.75, 3.05) is 31.0 Å². The lowest BCUT2D eigenvalue weighted by molar-refractivity contribution is 0.0697. The van der Waals surface area contributed by atoms with Gasteiger partial charge in [0, 0.05) is 72.5 Å². The SMILES string of the molecule is CNc1ccn2cc(-c3cccc(CO)c3)nc2c1.FCCOc1ccc(-c2cn3ccc(NC4CC4)cc3n2)cc1.O=C(O)c1ccccc1. The number of aromatic nitrogens is 4. The van der Waals surface area contributed by atoms with Crippen LogP contribution in [0.2, 0.25) is 0 Å². The number of nitrogens with one attached hydrogen (secondary N) is 2. The maximum absolute atomic E-state index is 12.1. The van der Waals surface area contributed by atoms with Crippen LogP contribution in [0.15, 0.2) is 128 Å². The van der Waals surface area contributed by atoms with Crippen LogP contribution in [0.5, 0.6) is 5.75 Å². The summed E-state index contributed by atoms with van der Waals surface area (Å²) in [5.41, 5.74) is 9.04. The number of aromatic carboxylic acids is 1. The Hall–Kier alpha value is -6.20. The number of fused-ring (bicyclic) bond motifs is 2. The lowest BCUT2D eigenvalue weighted by Gasteiger charge is -2.03. The van der Waals surface area contributed by atoms with Crippen molar-refractivity contribution < 1.29 is 24.1 Å². The predicted molar refractivity (Wildman–Crippen MR) is 198 cm³/mol. The smallest absolute Gasteiger partial charge is 0.335 e. The molecule has 0 saturated heterocycles. The van der Waals surface area contributed by atoms with Crippen molar-refractivity contribution in [1.29, 1.82) is 0 Å². The third kappa shape index (κ3) is 9.28. The van der Waals surface area contributed by atoms with Crippen molar-refractivity contribution in [3.8, 4) is 28.3 Å². The van der Waals surface area contributed by atoms with Crippen molar-refractivity contribution in [3.05, 3.63) is 139 Å². The normalized spacial score (nSPS) is 12.0. The van der Waals surface area contributed by atoms with E-state index in [1.165, 1.54) is 12.8 Å². The molecule has 3 aromatic carbocycles. The van der Waals surface area contributed by atoms with E-state index in [-0.39, 0.29) is 13.2 Å². The number of aliphatic hydroxyl groups excluding tert-OH is 1. The molecule has 10 nitrogen and oxygen atoms in total. The Kier molecular flexibility index (Phi) is 11.2. The first-order valence-electron chi connectivity index (χ1n) is 16.6. The highest BCUT2D eigenvalue weighted by molar-refractivity contribution is 5.87. The minimum atomic E-state index is -0.879. The monoisotopic (exact) mass is 686 g/mol. The number of imidazole rings is 2. The zero-order valence-corrected chi connectivity index (χ0v) is 28.1. The molecule has 4 aromatic heterocycles. The fourth-order valence-electron chi connectivity index (χ4n) is 5.24. The highest BCUT2D eigenvalue weighted by Crippen LogP contribution is 2.27. The summed E-state index contributed by atoms with van der Waals surface area (Å²) in [6, 6.07) is 32.4. The Morgan fingerprint density at radius 3 is 2.06 bits per heavy atom.